The largest absolute Gasteiger partial charge is 0.483 e. The van der Waals surface area contributed by atoms with E-state index in [0.717, 1.165) is 16.5 Å². The van der Waals surface area contributed by atoms with Gasteiger partial charge >= 0.3 is 0 Å². The first-order valence-electron chi connectivity index (χ1n) is 9.68. The first-order valence-corrected chi connectivity index (χ1v) is 10.5. The van der Waals surface area contributed by atoms with E-state index in [1.54, 1.807) is 24.3 Å². The van der Waals surface area contributed by atoms with Crippen LogP contribution in [0.4, 0.5) is 5.69 Å². The Morgan fingerprint density at radius 2 is 1.67 bits per heavy atom. The Bertz CT molecular complexity index is 1000. The highest BCUT2D eigenvalue weighted by Crippen LogP contribution is 2.26. The number of ether oxygens (including phenoxy) is 1. The molecule has 0 aromatic heterocycles. The summed E-state index contributed by atoms with van der Waals surface area (Å²) < 4.78 is 6.40. The van der Waals surface area contributed by atoms with Crippen molar-refractivity contribution in [1.82, 2.24) is 5.32 Å². The molecule has 0 spiro atoms. The Labute approximate surface area is 184 Å². The van der Waals surface area contributed by atoms with Gasteiger partial charge in [0, 0.05) is 17.8 Å². The molecule has 5 nitrogen and oxygen atoms in total. The van der Waals surface area contributed by atoms with Crippen molar-refractivity contribution in [3.8, 4) is 5.75 Å². The van der Waals surface area contributed by atoms with Gasteiger partial charge in [-0.25, -0.2) is 0 Å². The average Bonchev–Trinajstić information content (AvgIpc) is 2.77. The second-order valence-electron chi connectivity index (χ2n) is 6.70. The summed E-state index contributed by atoms with van der Waals surface area (Å²) >= 11 is 3.46. The number of halogens is 1. The third-order valence-electron chi connectivity index (χ3n) is 4.49. The number of anilines is 1. The van der Waals surface area contributed by atoms with E-state index in [-0.39, 0.29) is 18.4 Å². The molecular weight excluding hydrogens is 444 g/mol. The first-order chi connectivity index (χ1) is 14.5. The van der Waals surface area contributed by atoms with Gasteiger partial charge in [0.15, 0.2) is 6.61 Å². The number of rotatable bonds is 8. The maximum absolute atomic E-state index is 12.3. The quantitative estimate of drug-likeness (QED) is 0.492. The van der Waals surface area contributed by atoms with Crippen LogP contribution in [-0.2, 0) is 17.8 Å². The van der Waals surface area contributed by atoms with Gasteiger partial charge in [-0.3, -0.25) is 9.59 Å². The molecule has 2 amide bonds. The lowest BCUT2D eigenvalue weighted by molar-refractivity contribution is -0.118. The molecule has 0 radical (unpaired) electrons. The molecule has 0 saturated heterocycles. The minimum atomic E-state index is -0.275. The number of benzene rings is 3. The summed E-state index contributed by atoms with van der Waals surface area (Å²) in [4.78, 5) is 24.4. The lowest BCUT2D eigenvalue weighted by Crippen LogP contribution is -2.23. The fourth-order valence-corrected chi connectivity index (χ4v) is 3.35. The maximum atomic E-state index is 12.3. The van der Waals surface area contributed by atoms with Crippen LogP contribution in [0, 0.1) is 0 Å². The molecule has 0 aliphatic heterocycles. The monoisotopic (exact) mass is 466 g/mol. The van der Waals surface area contributed by atoms with E-state index in [9.17, 15) is 9.59 Å². The summed E-state index contributed by atoms with van der Waals surface area (Å²) in [5, 5.41) is 5.64. The van der Waals surface area contributed by atoms with E-state index in [1.165, 1.54) is 5.56 Å². The molecule has 2 N–H and O–H groups in total. The van der Waals surface area contributed by atoms with Crippen molar-refractivity contribution in [2.45, 2.75) is 19.9 Å². The van der Waals surface area contributed by atoms with Crippen molar-refractivity contribution in [3.05, 3.63) is 94.0 Å². The van der Waals surface area contributed by atoms with Crippen LogP contribution in [-0.4, -0.2) is 18.4 Å². The van der Waals surface area contributed by atoms with Crippen LogP contribution in [0.15, 0.2) is 77.3 Å². The molecule has 3 aromatic carbocycles. The highest BCUT2D eigenvalue weighted by Gasteiger charge is 2.09. The zero-order valence-corrected chi connectivity index (χ0v) is 18.2. The van der Waals surface area contributed by atoms with E-state index >= 15 is 0 Å². The van der Waals surface area contributed by atoms with Crippen LogP contribution in [0.5, 0.6) is 5.75 Å². The molecule has 0 heterocycles. The fourth-order valence-electron chi connectivity index (χ4n) is 2.81. The number of aryl methyl sites for hydroxylation is 1. The standard InChI is InChI=1S/C24H23BrN2O3/c1-2-17-8-13-22(21(25)14-17)30-16-23(28)27-20-11-9-19(10-12-20)24(29)26-15-18-6-4-3-5-7-18/h3-14H,2,15-16H2,1H3,(H,26,29)(H,27,28). The third kappa shape index (κ3) is 6.19. The molecule has 0 aliphatic rings. The van der Waals surface area contributed by atoms with Crippen molar-refractivity contribution in [3.63, 3.8) is 0 Å². The van der Waals surface area contributed by atoms with Crippen molar-refractivity contribution in [2.24, 2.45) is 0 Å². The van der Waals surface area contributed by atoms with Crippen molar-refractivity contribution < 1.29 is 14.3 Å². The summed E-state index contributed by atoms with van der Waals surface area (Å²) in [5.74, 6) is 0.177. The van der Waals surface area contributed by atoms with E-state index < -0.39 is 0 Å². The molecule has 30 heavy (non-hydrogen) atoms. The van der Waals surface area contributed by atoms with Crippen molar-refractivity contribution in [2.75, 3.05) is 11.9 Å². The second kappa shape index (κ2) is 10.6. The van der Waals surface area contributed by atoms with Gasteiger partial charge in [-0.2, -0.15) is 0 Å². The number of hydrogen-bond acceptors (Lipinski definition) is 3. The second-order valence-corrected chi connectivity index (χ2v) is 7.56. The van der Waals surface area contributed by atoms with Crippen LogP contribution in [0.1, 0.15) is 28.4 Å². The highest BCUT2D eigenvalue weighted by molar-refractivity contribution is 9.10. The van der Waals surface area contributed by atoms with Gasteiger partial charge in [-0.05, 0) is 69.9 Å². The molecule has 0 aliphatic carbocycles. The van der Waals surface area contributed by atoms with E-state index in [2.05, 4.69) is 33.5 Å². The predicted octanol–water partition coefficient (Wildman–Crippen LogP) is 4.96. The molecule has 0 atom stereocenters. The number of amides is 2. The number of nitrogens with one attached hydrogen (secondary N) is 2. The first kappa shape index (κ1) is 21.6. The minimum Gasteiger partial charge on any atom is -0.483 e. The Morgan fingerprint density at radius 3 is 2.33 bits per heavy atom. The highest BCUT2D eigenvalue weighted by atomic mass is 79.9. The number of carbonyl (C=O) groups excluding carboxylic acids is 2. The van der Waals surface area contributed by atoms with Crippen molar-refractivity contribution >= 4 is 33.4 Å². The summed E-state index contributed by atoms with van der Waals surface area (Å²) in [6.45, 7) is 2.43. The molecule has 0 fully saturated rings. The molecular formula is C24H23BrN2O3. The van der Waals surface area contributed by atoms with Gasteiger partial charge < -0.3 is 15.4 Å². The van der Waals surface area contributed by atoms with E-state index in [4.69, 9.17) is 4.74 Å². The van der Waals surface area contributed by atoms with Gasteiger partial charge in [0.25, 0.3) is 11.8 Å². The van der Waals surface area contributed by atoms with Crippen LogP contribution < -0.4 is 15.4 Å². The Balaban J connectivity index is 1.48. The molecule has 6 heteroatoms. The maximum Gasteiger partial charge on any atom is 0.262 e. The zero-order chi connectivity index (χ0) is 21.3. The normalized spacial score (nSPS) is 10.3. The summed E-state index contributed by atoms with van der Waals surface area (Å²) in [7, 11) is 0. The van der Waals surface area contributed by atoms with Crippen LogP contribution >= 0.6 is 15.9 Å². The average molecular weight is 467 g/mol. The smallest absolute Gasteiger partial charge is 0.262 e. The van der Waals surface area contributed by atoms with Gasteiger partial charge in [0.1, 0.15) is 5.75 Å². The molecule has 0 unspecified atom stereocenters. The topological polar surface area (TPSA) is 67.4 Å². The Morgan fingerprint density at radius 1 is 0.933 bits per heavy atom. The third-order valence-corrected chi connectivity index (χ3v) is 5.11. The molecule has 0 saturated carbocycles. The summed E-state index contributed by atoms with van der Waals surface area (Å²) in [6, 6.07) is 22.3. The molecule has 0 bridgehead atoms. The van der Waals surface area contributed by atoms with Crippen LogP contribution in [0.25, 0.3) is 0 Å². The van der Waals surface area contributed by atoms with Crippen LogP contribution in [0.3, 0.4) is 0 Å². The van der Waals surface area contributed by atoms with Crippen molar-refractivity contribution in [1.29, 1.82) is 0 Å². The van der Waals surface area contributed by atoms with Gasteiger partial charge in [0.2, 0.25) is 0 Å². The van der Waals surface area contributed by atoms with Gasteiger partial charge in [0.05, 0.1) is 4.47 Å². The predicted molar refractivity (Wildman–Crippen MR) is 122 cm³/mol. The number of hydrogen-bond donors (Lipinski definition) is 2. The molecule has 154 valence electrons. The van der Waals surface area contributed by atoms with E-state index in [0.29, 0.717) is 23.5 Å². The fraction of sp³-hybridized carbons (Fsp3) is 0.167. The lowest BCUT2D eigenvalue weighted by Gasteiger charge is -2.10. The Hall–Kier alpha value is -3.12. The molecule has 3 rings (SSSR count). The van der Waals surface area contributed by atoms with E-state index in [1.807, 2.05) is 48.5 Å². The minimum absolute atomic E-state index is 0.108. The van der Waals surface area contributed by atoms with Crippen LogP contribution in [0.2, 0.25) is 0 Å². The summed E-state index contributed by atoms with van der Waals surface area (Å²) in [5.41, 5.74) is 3.35. The van der Waals surface area contributed by atoms with Gasteiger partial charge in [-0.15, -0.1) is 0 Å². The summed E-state index contributed by atoms with van der Waals surface area (Å²) in [6.07, 6.45) is 0.930. The molecule has 3 aromatic rings. The zero-order valence-electron chi connectivity index (χ0n) is 16.7. The SMILES string of the molecule is CCc1ccc(OCC(=O)Nc2ccc(C(=O)NCc3ccccc3)cc2)c(Br)c1. The lowest BCUT2D eigenvalue weighted by atomic mass is 10.1. The van der Waals surface area contributed by atoms with Gasteiger partial charge in [-0.1, -0.05) is 43.3 Å². The Kier molecular flexibility index (Phi) is 7.63. The number of carbonyl (C=O) groups is 2.